The van der Waals surface area contributed by atoms with Gasteiger partial charge in [0.25, 0.3) is 0 Å². The Balaban J connectivity index is 1.63. The van der Waals surface area contributed by atoms with E-state index in [0.717, 1.165) is 38.2 Å². The standard InChI is InChI=1S/C19H28N2O2/c1-15-5-3-12-21(13-15)19(22)14-20-11-4-6-18(20)16-7-9-17(23-2)10-8-16/h7-10,15,18H,3-6,11-14H2,1-2H3/t15-,18-/m1/s1. The van der Waals surface area contributed by atoms with Crippen LogP contribution in [0.4, 0.5) is 0 Å². The average molecular weight is 316 g/mol. The lowest BCUT2D eigenvalue weighted by molar-refractivity contribution is -0.134. The zero-order valence-electron chi connectivity index (χ0n) is 14.3. The van der Waals surface area contributed by atoms with Gasteiger partial charge in [0.2, 0.25) is 5.91 Å². The fourth-order valence-corrected chi connectivity index (χ4v) is 3.91. The summed E-state index contributed by atoms with van der Waals surface area (Å²) in [5, 5.41) is 0. The van der Waals surface area contributed by atoms with Crippen LogP contribution in [0.1, 0.15) is 44.2 Å². The Bertz CT molecular complexity index is 529. The lowest BCUT2D eigenvalue weighted by atomic mass is 10.0. The van der Waals surface area contributed by atoms with Crippen LogP contribution < -0.4 is 4.74 Å². The third kappa shape index (κ3) is 3.86. The molecule has 1 aromatic carbocycles. The van der Waals surface area contributed by atoms with Crippen molar-refractivity contribution in [1.29, 1.82) is 0 Å². The molecule has 3 rings (SSSR count). The molecule has 2 heterocycles. The van der Waals surface area contributed by atoms with Gasteiger partial charge in [0, 0.05) is 19.1 Å². The van der Waals surface area contributed by atoms with E-state index >= 15 is 0 Å². The van der Waals surface area contributed by atoms with Crippen molar-refractivity contribution in [2.24, 2.45) is 5.92 Å². The number of piperidine rings is 1. The van der Waals surface area contributed by atoms with Crippen molar-refractivity contribution in [3.63, 3.8) is 0 Å². The number of nitrogens with zero attached hydrogens (tertiary/aromatic N) is 2. The third-order valence-electron chi connectivity index (χ3n) is 5.21. The van der Waals surface area contributed by atoms with Crippen molar-refractivity contribution in [2.75, 3.05) is 33.3 Å². The van der Waals surface area contributed by atoms with Gasteiger partial charge in [-0.3, -0.25) is 9.69 Å². The van der Waals surface area contributed by atoms with Crippen LogP contribution in [0.5, 0.6) is 5.75 Å². The fraction of sp³-hybridized carbons (Fsp3) is 0.632. The summed E-state index contributed by atoms with van der Waals surface area (Å²) in [6.07, 6.45) is 4.70. The molecule has 4 nitrogen and oxygen atoms in total. The van der Waals surface area contributed by atoms with Gasteiger partial charge in [-0.05, 0) is 55.8 Å². The van der Waals surface area contributed by atoms with Crippen molar-refractivity contribution in [3.05, 3.63) is 29.8 Å². The number of rotatable bonds is 4. The molecule has 0 aromatic heterocycles. The topological polar surface area (TPSA) is 32.8 Å². The number of carbonyl (C=O) groups excluding carboxylic acids is 1. The van der Waals surface area contributed by atoms with Crippen LogP contribution >= 0.6 is 0 Å². The maximum Gasteiger partial charge on any atom is 0.236 e. The summed E-state index contributed by atoms with van der Waals surface area (Å²) in [6, 6.07) is 8.66. The molecule has 2 aliphatic heterocycles. The highest BCUT2D eigenvalue weighted by Gasteiger charge is 2.30. The predicted molar refractivity (Wildman–Crippen MR) is 91.5 cm³/mol. The summed E-state index contributed by atoms with van der Waals surface area (Å²) in [5.74, 6) is 1.83. The molecule has 0 spiro atoms. The summed E-state index contributed by atoms with van der Waals surface area (Å²) in [5.41, 5.74) is 1.29. The molecule has 4 heteroatoms. The number of hydrogen-bond donors (Lipinski definition) is 0. The number of hydrogen-bond acceptors (Lipinski definition) is 3. The molecule has 1 amide bonds. The molecule has 2 aliphatic rings. The summed E-state index contributed by atoms with van der Waals surface area (Å²) in [7, 11) is 1.69. The van der Waals surface area contributed by atoms with Crippen molar-refractivity contribution < 1.29 is 9.53 Å². The van der Waals surface area contributed by atoms with Gasteiger partial charge in [-0.1, -0.05) is 19.1 Å². The SMILES string of the molecule is COc1ccc([C@H]2CCCN2CC(=O)N2CCC[C@@H](C)C2)cc1. The molecular weight excluding hydrogens is 288 g/mol. The highest BCUT2D eigenvalue weighted by molar-refractivity contribution is 5.78. The Morgan fingerprint density at radius 1 is 1.17 bits per heavy atom. The lowest BCUT2D eigenvalue weighted by Gasteiger charge is -2.33. The minimum atomic E-state index is 0.303. The van der Waals surface area contributed by atoms with E-state index in [4.69, 9.17) is 4.74 Å². The molecular formula is C19H28N2O2. The Kier molecular flexibility index (Phi) is 5.21. The van der Waals surface area contributed by atoms with Crippen LogP contribution in [0.2, 0.25) is 0 Å². The number of carbonyl (C=O) groups is 1. The molecule has 0 saturated carbocycles. The molecule has 0 N–H and O–H groups in total. The van der Waals surface area contributed by atoms with Crippen LogP contribution in [0.3, 0.4) is 0 Å². The zero-order chi connectivity index (χ0) is 16.2. The molecule has 0 bridgehead atoms. The van der Waals surface area contributed by atoms with Crippen molar-refractivity contribution in [3.8, 4) is 5.75 Å². The van der Waals surface area contributed by atoms with E-state index < -0.39 is 0 Å². The summed E-state index contributed by atoms with van der Waals surface area (Å²) in [6.45, 7) is 5.69. The first kappa shape index (κ1) is 16.3. The third-order valence-corrected chi connectivity index (χ3v) is 5.21. The van der Waals surface area contributed by atoms with E-state index in [1.807, 2.05) is 12.1 Å². The normalized spacial score (nSPS) is 25.6. The molecule has 0 unspecified atom stereocenters. The quantitative estimate of drug-likeness (QED) is 0.856. The van der Waals surface area contributed by atoms with Gasteiger partial charge in [-0.2, -0.15) is 0 Å². The van der Waals surface area contributed by atoms with Crippen LogP contribution in [0.25, 0.3) is 0 Å². The first-order valence-corrected chi connectivity index (χ1v) is 8.83. The number of methoxy groups -OCH3 is 1. The first-order valence-electron chi connectivity index (χ1n) is 8.83. The van der Waals surface area contributed by atoms with Crippen molar-refractivity contribution >= 4 is 5.91 Å². The monoisotopic (exact) mass is 316 g/mol. The predicted octanol–water partition coefficient (Wildman–Crippen LogP) is 3.09. The molecule has 2 saturated heterocycles. The van der Waals surface area contributed by atoms with E-state index in [-0.39, 0.29) is 0 Å². The maximum atomic E-state index is 12.6. The maximum absolute atomic E-state index is 12.6. The first-order chi connectivity index (χ1) is 11.2. The van der Waals surface area contributed by atoms with E-state index in [2.05, 4.69) is 28.9 Å². The van der Waals surface area contributed by atoms with Crippen LogP contribution in [0.15, 0.2) is 24.3 Å². The van der Waals surface area contributed by atoms with Crippen molar-refractivity contribution in [1.82, 2.24) is 9.80 Å². The van der Waals surface area contributed by atoms with E-state index in [0.29, 0.717) is 24.4 Å². The fourth-order valence-electron chi connectivity index (χ4n) is 3.91. The Morgan fingerprint density at radius 3 is 2.61 bits per heavy atom. The van der Waals surface area contributed by atoms with Crippen molar-refractivity contribution in [2.45, 2.75) is 38.6 Å². The molecule has 2 atom stereocenters. The summed E-state index contributed by atoms with van der Waals surface area (Å²) in [4.78, 5) is 17.1. The zero-order valence-corrected chi connectivity index (χ0v) is 14.3. The average Bonchev–Trinajstić information content (AvgIpc) is 3.03. The highest BCUT2D eigenvalue weighted by Crippen LogP contribution is 2.32. The summed E-state index contributed by atoms with van der Waals surface area (Å²) < 4.78 is 5.24. The van der Waals surface area contributed by atoms with Gasteiger partial charge in [-0.15, -0.1) is 0 Å². The van der Waals surface area contributed by atoms with Gasteiger partial charge < -0.3 is 9.64 Å². The van der Waals surface area contributed by atoms with Gasteiger partial charge in [0.1, 0.15) is 5.75 Å². The second-order valence-electron chi connectivity index (χ2n) is 6.99. The van der Waals surface area contributed by atoms with Crippen LogP contribution in [-0.2, 0) is 4.79 Å². The van der Waals surface area contributed by atoms with Crippen LogP contribution in [0, 0.1) is 5.92 Å². The van der Waals surface area contributed by atoms with Gasteiger partial charge in [-0.25, -0.2) is 0 Å². The van der Waals surface area contributed by atoms with Crippen LogP contribution in [-0.4, -0.2) is 49.0 Å². The second-order valence-corrected chi connectivity index (χ2v) is 6.99. The Labute approximate surface area is 139 Å². The second kappa shape index (κ2) is 7.35. The van der Waals surface area contributed by atoms with Gasteiger partial charge >= 0.3 is 0 Å². The number of amides is 1. The van der Waals surface area contributed by atoms with Gasteiger partial charge in [0.05, 0.1) is 13.7 Å². The minimum Gasteiger partial charge on any atom is -0.497 e. The Hall–Kier alpha value is -1.55. The molecule has 126 valence electrons. The summed E-state index contributed by atoms with van der Waals surface area (Å²) >= 11 is 0. The van der Waals surface area contributed by atoms with E-state index in [9.17, 15) is 4.79 Å². The number of benzene rings is 1. The Morgan fingerprint density at radius 2 is 1.91 bits per heavy atom. The minimum absolute atomic E-state index is 0.303. The highest BCUT2D eigenvalue weighted by atomic mass is 16.5. The van der Waals surface area contributed by atoms with Gasteiger partial charge in [0.15, 0.2) is 0 Å². The molecule has 23 heavy (non-hydrogen) atoms. The van der Waals surface area contributed by atoms with E-state index in [1.165, 1.54) is 18.4 Å². The van der Waals surface area contributed by atoms with E-state index in [1.54, 1.807) is 7.11 Å². The largest absolute Gasteiger partial charge is 0.497 e. The number of ether oxygens (including phenoxy) is 1. The molecule has 0 radical (unpaired) electrons. The lowest BCUT2D eigenvalue weighted by Crippen LogP contribution is -2.44. The smallest absolute Gasteiger partial charge is 0.236 e. The molecule has 2 fully saturated rings. The molecule has 1 aromatic rings. The number of likely N-dealkylation sites (tertiary alicyclic amines) is 2. The molecule has 0 aliphatic carbocycles.